The summed E-state index contributed by atoms with van der Waals surface area (Å²) in [6.45, 7) is 3.55. The van der Waals surface area contributed by atoms with Crippen LogP contribution in [0.4, 0.5) is 11.5 Å². The Labute approximate surface area is 119 Å². The van der Waals surface area contributed by atoms with E-state index in [0.717, 1.165) is 10.2 Å². The smallest absolute Gasteiger partial charge is 0.247 e. The van der Waals surface area contributed by atoms with Crippen LogP contribution in [0.15, 0.2) is 39.3 Å². The van der Waals surface area contributed by atoms with Crippen LogP contribution >= 0.6 is 15.9 Å². The number of aryl methyl sites for hydroxylation is 1. The van der Waals surface area contributed by atoms with Gasteiger partial charge in [-0.3, -0.25) is 4.79 Å². The molecule has 1 atom stereocenters. The van der Waals surface area contributed by atoms with Gasteiger partial charge in [0.2, 0.25) is 5.91 Å². The van der Waals surface area contributed by atoms with Crippen molar-refractivity contribution in [2.75, 3.05) is 10.6 Å². The van der Waals surface area contributed by atoms with E-state index in [2.05, 4.69) is 31.7 Å². The van der Waals surface area contributed by atoms with E-state index in [-0.39, 0.29) is 11.9 Å². The highest BCUT2D eigenvalue weighted by Crippen LogP contribution is 2.15. The fourth-order valence-corrected chi connectivity index (χ4v) is 1.79. The highest BCUT2D eigenvalue weighted by atomic mass is 79.9. The SMILES string of the molecule is Cc1cc(NC(=O)[C@@H](C)Nc2ccc(Br)cc2)no1. The number of hydrogen-bond donors (Lipinski definition) is 2. The predicted octanol–water partition coefficient (Wildman–Crippen LogP) is 3.18. The van der Waals surface area contributed by atoms with E-state index in [0.29, 0.717) is 11.6 Å². The summed E-state index contributed by atoms with van der Waals surface area (Å²) in [5.41, 5.74) is 0.877. The largest absolute Gasteiger partial charge is 0.374 e. The minimum Gasteiger partial charge on any atom is -0.374 e. The van der Waals surface area contributed by atoms with Gasteiger partial charge >= 0.3 is 0 Å². The second-order valence-corrected chi connectivity index (χ2v) is 5.10. The van der Waals surface area contributed by atoms with Crippen LogP contribution in [-0.2, 0) is 4.79 Å². The molecule has 19 heavy (non-hydrogen) atoms. The topological polar surface area (TPSA) is 67.2 Å². The summed E-state index contributed by atoms with van der Waals surface area (Å²) in [4.78, 5) is 11.9. The molecule has 2 rings (SSSR count). The number of carbonyl (C=O) groups excluding carboxylic acids is 1. The predicted molar refractivity (Wildman–Crippen MR) is 77.1 cm³/mol. The lowest BCUT2D eigenvalue weighted by Gasteiger charge is -2.14. The summed E-state index contributed by atoms with van der Waals surface area (Å²) in [7, 11) is 0. The van der Waals surface area contributed by atoms with Crippen molar-refractivity contribution in [2.45, 2.75) is 19.9 Å². The van der Waals surface area contributed by atoms with E-state index in [9.17, 15) is 4.79 Å². The van der Waals surface area contributed by atoms with Crippen molar-refractivity contribution in [3.8, 4) is 0 Å². The van der Waals surface area contributed by atoms with Gasteiger partial charge in [-0.15, -0.1) is 0 Å². The molecular formula is C13H14BrN3O2. The van der Waals surface area contributed by atoms with E-state index in [1.807, 2.05) is 24.3 Å². The number of rotatable bonds is 4. The first-order valence-electron chi connectivity index (χ1n) is 5.81. The van der Waals surface area contributed by atoms with Gasteiger partial charge in [-0.1, -0.05) is 21.1 Å². The van der Waals surface area contributed by atoms with Crippen LogP contribution in [0, 0.1) is 6.92 Å². The molecule has 1 amide bonds. The monoisotopic (exact) mass is 323 g/mol. The summed E-state index contributed by atoms with van der Waals surface area (Å²) < 4.78 is 5.88. The normalized spacial score (nSPS) is 11.9. The molecule has 0 unspecified atom stereocenters. The molecule has 0 spiro atoms. The second-order valence-electron chi connectivity index (χ2n) is 4.18. The third kappa shape index (κ3) is 3.82. The molecule has 0 bridgehead atoms. The van der Waals surface area contributed by atoms with E-state index in [4.69, 9.17) is 4.52 Å². The molecule has 0 aliphatic rings. The van der Waals surface area contributed by atoms with Crippen molar-refractivity contribution in [1.29, 1.82) is 0 Å². The van der Waals surface area contributed by atoms with Gasteiger partial charge in [-0.05, 0) is 38.1 Å². The van der Waals surface area contributed by atoms with Crippen molar-refractivity contribution in [2.24, 2.45) is 0 Å². The van der Waals surface area contributed by atoms with Gasteiger partial charge in [0.15, 0.2) is 5.82 Å². The number of aromatic nitrogens is 1. The lowest BCUT2D eigenvalue weighted by molar-refractivity contribution is -0.116. The summed E-state index contributed by atoms with van der Waals surface area (Å²) in [5, 5.41) is 9.50. The molecule has 0 radical (unpaired) electrons. The summed E-state index contributed by atoms with van der Waals surface area (Å²) in [6, 6.07) is 8.91. The third-order valence-electron chi connectivity index (χ3n) is 2.50. The number of halogens is 1. The van der Waals surface area contributed by atoms with E-state index in [1.54, 1.807) is 19.9 Å². The van der Waals surface area contributed by atoms with Crippen molar-refractivity contribution >= 4 is 33.3 Å². The Morgan fingerprint density at radius 3 is 2.63 bits per heavy atom. The zero-order chi connectivity index (χ0) is 13.8. The maximum atomic E-state index is 11.9. The molecule has 5 nitrogen and oxygen atoms in total. The Hall–Kier alpha value is -1.82. The molecule has 6 heteroatoms. The number of amides is 1. The minimum absolute atomic E-state index is 0.170. The highest BCUT2D eigenvalue weighted by Gasteiger charge is 2.14. The van der Waals surface area contributed by atoms with Crippen LogP contribution in [0.5, 0.6) is 0 Å². The Morgan fingerprint density at radius 1 is 1.37 bits per heavy atom. The number of nitrogens with one attached hydrogen (secondary N) is 2. The molecule has 2 aromatic rings. The average molecular weight is 324 g/mol. The molecule has 1 heterocycles. The Bertz CT molecular complexity index is 566. The lowest BCUT2D eigenvalue weighted by atomic mass is 10.2. The maximum absolute atomic E-state index is 11.9. The van der Waals surface area contributed by atoms with E-state index < -0.39 is 0 Å². The number of hydrogen-bond acceptors (Lipinski definition) is 4. The summed E-state index contributed by atoms with van der Waals surface area (Å²) >= 11 is 3.36. The summed E-state index contributed by atoms with van der Waals surface area (Å²) in [5.74, 6) is 0.909. The van der Waals surface area contributed by atoms with Crippen LogP contribution in [-0.4, -0.2) is 17.1 Å². The minimum atomic E-state index is -0.377. The second kappa shape index (κ2) is 5.88. The van der Waals surface area contributed by atoms with Gasteiger partial charge in [0.1, 0.15) is 11.8 Å². The molecule has 0 aliphatic heterocycles. The van der Waals surface area contributed by atoms with E-state index >= 15 is 0 Å². The quantitative estimate of drug-likeness (QED) is 0.906. The molecular weight excluding hydrogens is 310 g/mol. The third-order valence-corrected chi connectivity index (χ3v) is 3.03. The molecule has 0 saturated carbocycles. The van der Waals surface area contributed by atoms with Gasteiger partial charge in [0.25, 0.3) is 0 Å². The Kier molecular flexibility index (Phi) is 4.21. The number of carbonyl (C=O) groups is 1. The number of benzene rings is 1. The molecule has 0 saturated heterocycles. The van der Waals surface area contributed by atoms with Crippen molar-refractivity contribution in [3.05, 3.63) is 40.6 Å². The molecule has 0 fully saturated rings. The van der Waals surface area contributed by atoms with Gasteiger partial charge < -0.3 is 15.2 Å². The standard InChI is InChI=1S/C13H14BrN3O2/c1-8-7-12(17-19-8)16-13(18)9(2)15-11-5-3-10(14)4-6-11/h3-7,9,15H,1-2H3,(H,16,17,18)/t9-/m1/s1. The van der Waals surface area contributed by atoms with Gasteiger partial charge in [-0.25, -0.2) is 0 Å². The van der Waals surface area contributed by atoms with E-state index in [1.165, 1.54) is 0 Å². The Morgan fingerprint density at radius 2 is 2.05 bits per heavy atom. The zero-order valence-electron chi connectivity index (χ0n) is 10.6. The fraction of sp³-hybridized carbons (Fsp3) is 0.231. The summed E-state index contributed by atoms with van der Waals surface area (Å²) in [6.07, 6.45) is 0. The first-order chi connectivity index (χ1) is 9.04. The molecule has 1 aromatic heterocycles. The highest BCUT2D eigenvalue weighted by molar-refractivity contribution is 9.10. The lowest BCUT2D eigenvalue weighted by Crippen LogP contribution is -2.31. The average Bonchev–Trinajstić information content (AvgIpc) is 2.77. The van der Waals surface area contributed by atoms with Gasteiger partial charge in [0.05, 0.1) is 0 Å². The molecule has 100 valence electrons. The molecule has 0 aliphatic carbocycles. The van der Waals surface area contributed by atoms with Gasteiger partial charge in [-0.2, -0.15) is 0 Å². The number of nitrogens with zero attached hydrogens (tertiary/aromatic N) is 1. The van der Waals surface area contributed by atoms with Crippen molar-refractivity contribution in [3.63, 3.8) is 0 Å². The van der Waals surface area contributed by atoms with Crippen molar-refractivity contribution < 1.29 is 9.32 Å². The van der Waals surface area contributed by atoms with Crippen LogP contribution in [0.2, 0.25) is 0 Å². The maximum Gasteiger partial charge on any atom is 0.247 e. The number of anilines is 2. The van der Waals surface area contributed by atoms with Crippen LogP contribution < -0.4 is 10.6 Å². The van der Waals surface area contributed by atoms with Crippen LogP contribution in [0.1, 0.15) is 12.7 Å². The van der Waals surface area contributed by atoms with Crippen molar-refractivity contribution in [1.82, 2.24) is 5.16 Å². The molecule has 2 N–H and O–H groups in total. The van der Waals surface area contributed by atoms with Crippen LogP contribution in [0.25, 0.3) is 0 Å². The fourth-order valence-electron chi connectivity index (χ4n) is 1.52. The first kappa shape index (κ1) is 13.6. The Balaban J connectivity index is 1.94. The van der Waals surface area contributed by atoms with Crippen LogP contribution in [0.3, 0.4) is 0 Å². The molecule has 1 aromatic carbocycles. The first-order valence-corrected chi connectivity index (χ1v) is 6.60. The van der Waals surface area contributed by atoms with Gasteiger partial charge in [0, 0.05) is 16.2 Å². The zero-order valence-corrected chi connectivity index (χ0v) is 12.2.